The number of hydrogen-bond donors (Lipinski definition) is 1. The van der Waals surface area contributed by atoms with E-state index in [1.807, 2.05) is 13.0 Å². The van der Waals surface area contributed by atoms with Crippen LogP contribution in [0.15, 0.2) is 12.3 Å². The van der Waals surface area contributed by atoms with E-state index in [-0.39, 0.29) is 0 Å². The van der Waals surface area contributed by atoms with E-state index in [1.165, 1.54) is 10.4 Å². The molecule has 2 rings (SSSR count). The van der Waals surface area contributed by atoms with Crippen LogP contribution in [0.2, 0.25) is 0 Å². The molecular formula is C12H15N3S. The molecule has 84 valence electrons. The summed E-state index contributed by atoms with van der Waals surface area (Å²) in [4.78, 5) is 9.92. The van der Waals surface area contributed by atoms with E-state index in [0.717, 1.165) is 22.7 Å². The fourth-order valence-corrected chi connectivity index (χ4v) is 2.55. The molecule has 0 fully saturated rings. The molecule has 0 atom stereocenters. The number of nitrogens with zero attached hydrogens (tertiary/aromatic N) is 2. The summed E-state index contributed by atoms with van der Waals surface area (Å²) in [6.45, 7) is 6.19. The summed E-state index contributed by atoms with van der Waals surface area (Å²) in [5.41, 5.74) is 9.26. The first-order valence-electron chi connectivity index (χ1n) is 5.21. The lowest BCUT2D eigenvalue weighted by molar-refractivity contribution is 1.07. The van der Waals surface area contributed by atoms with E-state index in [4.69, 9.17) is 5.73 Å². The molecule has 0 radical (unpaired) electrons. The highest BCUT2D eigenvalue weighted by Gasteiger charge is 2.09. The Hall–Kier alpha value is -1.42. The summed E-state index contributed by atoms with van der Waals surface area (Å²) < 4.78 is 0. The molecule has 2 N–H and O–H groups in total. The van der Waals surface area contributed by atoms with Crippen LogP contribution in [-0.4, -0.2) is 9.97 Å². The lowest BCUT2D eigenvalue weighted by Gasteiger charge is -2.05. The Bertz CT molecular complexity index is 477. The van der Waals surface area contributed by atoms with Crippen LogP contribution in [0, 0.1) is 20.8 Å². The van der Waals surface area contributed by atoms with Gasteiger partial charge in [-0.15, -0.1) is 11.3 Å². The monoisotopic (exact) mass is 233 g/mol. The Morgan fingerprint density at radius 1 is 1.31 bits per heavy atom. The van der Waals surface area contributed by atoms with Gasteiger partial charge in [0.1, 0.15) is 5.82 Å². The molecule has 0 saturated carbocycles. The van der Waals surface area contributed by atoms with Crippen LogP contribution in [0.4, 0.5) is 5.82 Å². The maximum atomic E-state index is 5.88. The van der Waals surface area contributed by atoms with E-state index >= 15 is 0 Å². The first-order valence-corrected chi connectivity index (χ1v) is 6.02. The van der Waals surface area contributed by atoms with E-state index in [1.54, 1.807) is 17.5 Å². The quantitative estimate of drug-likeness (QED) is 0.867. The Kier molecular flexibility index (Phi) is 2.92. The largest absolute Gasteiger partial charge is 0.383 e. The number of rotatable bonds is 2. The van der Waals surface area contributed by atoms with Crippen molar-refractivity contribution in [3.8, 4) is 0 Å². The predicted octanol–water partition coefficient (Wildman–Crippen LogP) is 2.64. The van der Waals surface area contributed by atoms with Crippen molar-refractivity contribution in [2.24, 2.45) is 0 Å². The zero-order valence-electron chi connectivity index (χ0n) is 9.74. The van der Waals surface area contributed by atoms with Crippen LogP contribution in [-0.2, 0) is 6.42 Å². The van der Waals surface area contributed by atoms with Gasteiger partial charge in [-0.25, -0.2) is 9.97 Å². The molecule has 0 aliphatic rings. The van der Waals surface area contributed by atoms with Gasteiger partial charge in [0.05, 0.1) is 10.7 Å². The third-order valence-electron chi connectivity index (χ3n) is 2.72. The van der Waals surface area contributed by atoms with Gasteiger partial charge in [0.2, 0.25) is 0 Å². The van der Waals surface area contributed by atoms with Gasteiger partial charge in [0.15, 0.2) is 0 Å². The van der Waals surface area contributed by atoms with Gasteiger partial charge in [0.25, 0.3) is 0 Å². The predicted molar refractivity (Wildman–Crippen MR) is 67.8 cm³/mol. The highest BCUT2D eigenvalue weighted by atomic mass is 32.1. The number of anilines is 1. The minimum absolute atomic E-state index is 0.616. The number of hydrogen-bond acceptors (Lipinski definition) is 4. The lowest BCUT2D eigenvalue weighted by atomic mass is 10.1. The van der Waals surface area contributed by atoms with Crippen molar-refractivity contribution in [3.63, 3.8) is 0 Å². The molecule has 0 bridgehead atoms. The second kappa shape index (κ2) is 4.22. The molecule has 0 spiro atoms. The summed E-state index contributed by atoms with van der Waals surface area (Å²) in [6, 6.07) is 1.99. The van der Waals surface area contributed by atoms with Crippen LogP contribution in [0.1, 0.15) is 26.7 Å². The number of aromatic nitrogens is 2. The molecule has 2 heterocycles. The van der Waals surface area contributed by atoms with Crippen LogP contribution >= 0.6 is 11.3 Å². The Morgan fingerprint density at radius 2 is 2.06 bits per heavy atom. The standard InChI is InChI=1S/C12H15N3S/c1-7-4-5-14-12(13)10(7)6-11-15-8(2)9(3)16-11/h4-5H,6H2,1-3H3,(H2,13,14). The summed E-state index contributed by atoms with van der Waals surface area (Å²) in [6.07, 6.45) is 2.53. The van der Waals surface area contributed by atoms with Crippen molar-refractivity contribution in [1.29, 1.82) is 0 Å². The maximum Gasteiger partial charge on any atom is 0.127 e. The number of nitrogen functional groups attached to an aromatic ring is 1. The van der Waals surface area contributed by atoms with Crippen LogP contribution in [0.5, 0.6) is 0 Å². The van der Waals surface area contributed by atoms with Crippen LogP contribution in [0.25, 0.3) is 0 Å². The number of thiazole rings is 1. The van der Waals surface area contributed by atoms with Crippen LogP contribution in [0.3, 0.4) is 0 Å². The smallest absolute Gasteiger partial charge is 0.127 e. The average molecular weight is 233 g/mol. The molecule has 4 heteroatoms. The number of nitrogens with two attached hydrogens (primary N) is 1. The molecule has 0 aromatic carbocycles. The topological polar surface area (TPSA) is 51.8 Å². The highest BCUT2D eigenvalue weighted by Crippen LogP contribution is 2.23. The SMILES string of the molecule is Cc1ccnc(N)c1Cc1nc(C)c(C)s1. The van der Waals surface area contributed by atoms with Crippen molar-refractivity contribution in [2.75, 3.05) is 5.73 Å². The molecular weight excluding hydrogens is 218 g/mol. The van der Waals surface area contributed by atoms with E-state index in [2.05, 4.69) is 23.8 Å². The normalized spacial score (nSPS) is 10.7. The van der Waals surface area contributed by atoms with E-state index in [0.29, 0.717) is 5.82 Å². The second-order valence-electron chi connectivity index (χ2n) is 3.92. The summed E-state index contributed by atoms with van der Waals surface area (Å²) in [7, 11) is 0. The van der Waals surface area contributed by atoms with Crippen molar-refractivity contribution in [3.05, 3.63) is 39.0 Å². The Balaban J connectivity index is 2.33. The zero-order valence-corrected chi connectivity index (χ0v) is 10.6. The minimum atomic E-state index is 0.616. The van der Waals surface area contributed by atoms with Gasteiger partial charge in [-0.1, -0.05) is 0 Å². The van der Waals surface area contributed by atoms with Crippen molar-refractivity contribution in [2.45, 2.75) is 27.2 Å². The van der Waals surface area contributed by atoms with Gasteiger partial charge in [-0.05, 0) is 32.4 Å². The molecule has 0 aliphatic carbocycles. The van der Waals surface area contributed by atoms with E-state index in [9.17, 15) is 0 Å². The average Bonchev–Trinajstić information content (AvgIpc) is 2.53. The van der Waals surface area contributed by atoms with Crippen molar-refractivity contribution in [1.82, 2.24) is 9.97 Å². The van der Waals surface area contributed by atoms with Crippen LogP contribution < -0.4 is 5.73 Å². The molecule has 2 aromatic rings. The second-order valence-corrected chi connectivity index (χ2v) is 5.21. The zero-order chi connectivity index (χ0) is 11.7. The summed E-state index contributed by atoms with van der Waals surface area (Å²) in [5.74, 6) is 0.616. The first-order chi connectivity index (χ1) is 7.58. The molecule has 0 amide bonds. The molecule has 0 unspecified atom stereocenters. The Labute approximate surface area is 99.4 Å². The maximum absolute atomic E-state index is 5.88. The molecule has 3 nitrogen and oxygen atoms in total. The Morgan fingerprint density at radius 3 is 2.62 bits per heavy atom. The van der Waals surface area contributed by atoms with Gasteiger partial charge in [-0.3, -0.25) is 0 Å². The minimum Gasteiger partial charge on any atom is -0.383 e. The molecule has 0 aliphatic heterocycles. The molecule has 16 heavy (non-hydrogen) atoms. The first kappa shape index (κ1) is 11.1. The van der Waals surface area contributed by atoms with Gasteiger partial charge >= 0.3 is 0 Å². The number of pyridine rings is 1. The molecule has 2 aromatic heterocycles. The van der Waals surface area contributed by atoms with Crippen molar-refractivity contribution >= 4 is 17.2 Å². The molecule has 0 saturated heterocycles. The van der Waals surface area contributed by atoms with Gasteiger partial charge in [0, 0.05) is 23.1 Å². The highest BCUT2D eigenvalue weighted by molar-refractivity contribution is 7.11. The van der Waals surface area contributed by atoms with E-state index < -0.39 is 0 Å². The van der Waals surface area contributed by atoms with Crippen molar-refractivity contribution < 1.29 is 0 Å². The third-order valence-corrected chi connectivity index (χ3v) is 3.80. The van der Waals surface area contributed by atoms with Gasteiger partial charge < -0.3 is 5.73 Å². The summed E-state index contributed by atoms with van der Waals surface area (Å²) in [5, 5.41) is 1.11. The fraction of sp³-hybridized carbons (Fsp3) is 0.333. The fourth-order valence-electron chi connectivity index (χ4n) is 1.61. The lowest BCUT2D eigenvalue weighted by Crippen LogP contribution is -2.00. The number of aryl methyl sites for hydroxylation is 3. The third kappa shape index (κ3) is 2.07. The summed E-state index contributed by atoms with van der Waals surface area (Å²) >= 11 is 1.73. The van der Waals surface area contributed by atoms with Gasteiger partial charge in [-0.2, -0.15) is 0 Å².